The third-order valence-corrected chi connectivity index (χ3v) is 10.2. The van der Waals surface area contributed by atoms with Gasteiger partial charge in [-0.15, -0.1) is 45.3 Å². The molecule has 0 nitrogen and oxygen atoms in total. The fourth-order valence-corrected chi connectivity index (χ4v) is 7.88. The summed E-state index contributed by atoms with van der Waals surface area (Å²) in [6.07, 6.45) is 0. The van der Waals surface area contributed by atoms with Gasteiger partial charge in [0.1, 0.15) is 0 Å². The molecule has 4 heterocycles. The zero-order valence-corrected chi connectivity index (χ0v) is 19.2. The lowest BCUT2D eigenvalue weighted by Gasteiger charge is -1.93. The van der Waals surface area contributed by atoms with E-state index in [1.165, 1.54) is 61.3 Å². The molecule has 0 aliphatic heterocycles. The van der Waals surface area contributed by atoms with Crippen LogP contribution in [-0.2, 0) is 0 Å². The van der Waals surface area contributed by atoms with Crippen molar-refractivity contribution in [3.8, 4) is 29.3 Å². The fourth-order valence-electron chi connectivity index (χ4n) is 3.07. The lowest BCUT2D eigenvalue weighted by molar-refractivity contribution is 1.44. The second-order valence-electron chi connectivity index (χ2n) is 6.95. The van der Waals surface area contributed by atoms with Crippen molar-refractivity contribution in [1.82, 2.24) is 0 Å². The van der Waals surface area contributed by atoms with Gasteiger partial charge in [-0.3, -0.25) is 0 Å². The lowest BCUT2D eigenvalue weighted by atomic mass is 10.2. The standard InChI is InChI=1S/C22H22S4/c1-11-7-19(23-15(11)5)21-13(3)9-17(25-21)18-10-14(4)22(26-18)20-8-12(2)16(6)24-20/h7-10H,1-6H3. The number of thiophene rings is 4. The molecule has 4 rings (SSSR count). The average Bonchev–Trinajstić information content (AvgIpc) is 3.30. The predicted octanol–water partition coefficient (Wildman–Crippen LogP) is 8.78. The highest BCUT2D eigenvalue weighted by molar-refractivity contribution is 7.28. The van der Waals surface area contributed by atoms with Crippen molar-refractivity contribution < 1.29 is 0 Å². The Morgan fingerprint density at radius 2 is 0.769 bits per heavy atom. The molecular formula is C22H22S4. The third kappa shape index (κ3) is 3.13. The second-order valence-corrected chi connectivity index (χ2v) is 11.6. The van der Waals surface area contributed by atoms with Crippen LogP contribution in [0.2, 0.25) is 0 Å². The summed E-state index contributed by atoms with van der Waals surface area (Å²) >= 11 is 7.71. The van der Waals surface area contributed by atoms with Crippen LogP contribution in [0.3, 0.4) is 0 Å². The first kappa shape index (κ1) is 18.2. The van der Waals surface area contributed by atoms with Crippen LogP contribution in [0.4, 0.5) is 0 Å². The maximum Gasteiger partial charge on any atom is 0.0478 e. The Morgan fingerprint density at radius 1 is 0.423 bits per heavy atom. The van der Waals surface area contributed by atoms with Crippen LogP contribution in [0.5, 0.6) is 0 Å². The van der Waals surface area contributed by atoms with E-state index in [2.05, 4.69) is 65.8 Å². The summed E-state index contributed by atoms with van der Waals surface area (Å²) in [6, 6.07) is 9.41. The minimum Gasteiger partial charge on any atom is -0.139 e. The van der Waals surface area contributed by atoms with Crippen molar-refractivity contribution in [1.29, 1.82) is 0 Å². The average molecular weight is 415 g/mol. The highest BCUT2D eigenvalue weighted by atomic mass is 32.1. The van der Waals surface area contributed by atoms with Crippen LogP contribution in [-0.4, -0.2) is 0 Å². The summed E-state index contributed by atoms with van der Waals surface area (Å²) in [7, 11) is 0. The number of aryl methyl sites for hydroxylation is 6. The van der Waals surface area contributed by atoms with Crippen molar-refractivity contribution in [2.45, 2.75) is 41.5 Å². The van der Waals surface area contributed by atoms with Crippen LogP contribution in [0.25, 0.3) is 29.3 Å². The molecule has 4 aromatic rings. The SMILES string of the molecule is Cc1cc(-c2sc(-c3cc(C)c(-c4cc(C)c(C)s4)s3)cc2C)sc1C. The van der Waals surface area contributed by atoms with E-state index in [4.69, 9.17) is 0 Å². The first-order valence-corrected chi connectivity index (χ1v) is 12.0. The minimum absolute atomic E-state index is 1.39. The molecule has 4 aromatic heterocycles. The quantitative estimate of drug-likeness (QED) is 0.314. The molecule has 0 bridgehead atoms. The minimum atomic E-state index is 1.39. The summed E-state index contributed by atoms with van der Waals surface area (Å²) in [4.78, 5) is 11.3. The van der Waals surface area contributed by atoms with E-state index in [1.54, 1.807) is 0 Å². The summed E-state index contributed by atoms with van der Waals surface area (Å²) in [6.45, 7) is 13.3. The van der Waals surface area contributed by atoms with Gasteiger partial charge in [0.25, 0.3) is 0 Å². The van der Waals surface area contributed by atoms with E-state index in [0.717, 1.165) is 0 Å². The summed E-state index contributed by atoms with van der Waals surface area (Å²) in [5.74, 6) is 0. The Hall–Kier alpha value is -1.20. The molecule has 0 spiro atoms. The van der Waals surface area contributed by atoms with E-state index in [-0.39, 0.29) is 0 Å². The molecule has 0 atom stereocenters. The van der Waals surface area contributed by atoms with E-state index < -0.39 is 0 Å². The molecule has 0 unspecified atom stereocenters. The Bertz CT molecular complexity index is 970. The number of rotatable bonds is 3. The van der Waals surface area contributed by atoms with Crippen molar-refractivity contribution in [2.24, 2.45) is 0 Å². The molecule has 4 heteroatoms. The molecule has 0 saturated heterocycles. The predicted molar refractivity (Wildman–Crippen MR) is 123 cm³/mol. The zero-order valence-electron chi connectivity index (χ0n) is 15.9. The van der Waals surface area contributed by atoms with E-state index in [9.17, 15) is 0 Å². The molecule has 0 aromatic carbocycles. The molecule has 0 saturated carbocycles. The summed E-state index contributed by atoms with van der Waals surface area (Å²) in [5, 5.41) is 0. The summed E-state index contributed by atoms with van der Waals surface area (Å²) < 4.78 is 0. The van der Waals surface area contributed by atoms with Crippen LogP contribution in [0.1, 0.15) is 32.0 Å². The number of hydrogen-bond donors (Lipinski definition) is 0. The lowest BCUT2D eigenvalue weighted by Crippen LogP contribution is -1.67. The first-order valence-electron chi connectivity index (χ1n) is 8.69. The highest BCUT2D eigenvalue weighted by Crippen LogP contribution is 2.46. The Morgan fingerprint density at radius 3 is 1.08 bits per heavy atom. The molecule has 0 amide bonds. The van der Waals surface area contributed by atoms with Gasteiger partial charge in [0.15, 0.2) is 0 Å². The molecule has 134 valence electrons. The van der Waals surface area contributed by atoms with Gasteiger partial charge < -0.3 is 0 Å². The maximum atomic E-state index is 2.37. The smallest absolute Gasteiger partial charge is 0.0478 e. The van der Waals surface area contributed by atoms with Gasteiger partial charge in [-0.1, -0.05) is 0 Å². The molecule has 0 aliphatic rings. The van der Waals surface area contributed by atoms with Gasteiger partial charge >= 0.3 is 0 Å². The second kappa shape index (κ2) is 6.75. The van der Waals surface area contributed by atoms with E-state index in [1.807, 2.05) is 45.3 Å². The van der Waals surface area contributed by atoms with Gasteiger partial charge in [-0.25, -0.2) is 0 Å². The third-order valence-electron chi connectivity index (χ3n) is 4.86. The Balaban J connectivity index is 1.75. The van der Waals surface area contributed by atoms with Crippen LogP contribution in [0.15, 0.2) is 24.3 Å². The van der Waals surface area contributed by atoms with Gasteiger partial charge in [-0.05, 0) is 88.1 Å². The largest absolute Gasteiger partial charge is 0.139 e. The van der Waals surface area contributed by atoms with Crippen LogP contribution < -0.4 is 0 Å². The zero-order chi connectivity index (χ0) is 18.6. The van der Waals surface area contributed by atoms with Gasteiger partial charge in [0.2, 0.25) is 0 Å². The monoisotopic (exact) mass is 414 g/mol. The molecular weight excluding hydrogens is 393 g/mol. The molecule has 0 fully saturated rings. The van der Waals surface area contributed by atoms with Crippen molar-refractivity contribution in [3.63, 3.8) is 0 Å². The molecule has 0 N–H and O–H groups in total. The Labute approximate surface area is 171 Å². The van der Waals surface area contributed by atoms with Gasteiger partial charge in [-0.2, -0.15) is 0 Å². The molecule has 0 radical (unpaired) electrons. The van der Waals surface area contributed by atoms with Gasteiger partial charge in [0, 0.05) is 39.0 Å². The first-order chi connectivity index (χ1) is 12.3. The highest BCUT2D eigenvalue weighted by Gasteiger charge is 2.16. The molecule has 0 aliphatic carbocycles. The number of hydrogen-bond acceptors (Lipinski definition) is 4. The van der Waals surface area contributed by atoms with Crippen LogP contribution in [0, 0.1) is 41.5 Å². The molecule has 26 heavy (non-hydrogen) atoms. The van der Waals surface area contributed by atoms with Crippen molar-refractivity contribution in [3.05, 3.63) is 56.3 Å². The van der Waals surface area contributed by atoms with Gasteiger partial charge in [0.05, 0.1) is 0 Å². The van der Waals surface area contributed by atoms with E-state index in [0.29, 0.717) is 0 Å². The van der Waals surface area contributed by atoms with Crippen LogP contribution >= 0.6 is 45.3 Å². The Kier molecular flexibility index (Phi) is 4.72. The summed E-state index contributed by atoms with van der Waals surface area (Å²) in [5.41, 5.74) is 5.58. The topological polar surface area (TPSA) is 0 Å². The van der Waals surface area contributed by atoms with Crippen molar-refractivity contribution in [2.75, 3.05) is 0 Å². The van der Waals surface area contributed by atoms with E-state index >= 15 is 0 Å². The fraction of sp³-hybridized carbons (Fsp3) is 0.273. The normalized spacial score (nSPS) is 11.5. The maximum absolute atomic E-state index is 2.37. The van der Waals surface area contributed by atoms with Crippen molar-refractivity contribution >= 4 is 45.3 Å².